The normalized spacial score (nSPS) is 21.3. The van der Waals surface area contributed by atoms with Crippen molar-refractivity contribution < 1.29 is 27.6 Å². The summed E-state index contributed by atoms with van der Waals surface area (Å²) in [5.74, 6) is -0.309. The summed E-state index contributed by atoms with van der Waals surface area (Å²) in [6, 6.07) is 4.40. The van der Waals surface area contributed by atoms with Crippen LogP contribution < -0.4 is 10.2 Å². The lowest BCUT2D eigenvalue weighted by atomic mass is 9.79. The molecule has 2 aliphatic rings. The molecule has 1 saturated heterocycles. The van der Waals surface area contributed by atoms with E-state index in [9.17, 15) is 18.0 Å². The zero-order valence-electron chi connectivity index (χ0n) is 14.8. The Morgan fingerprint density at radius 2 is 1.69 bits per heavy atom. The van der Waals surface area contributed by atoms with Crippen molar-refractivity contribution in [3.05, 3.63) is 35.4 Å². The SMILES string of the molecule is O=C(NCC1([NH+]2CCOCC2)CCCCC1)c1ccc(C(F)(F)F)cc1. The van der Waals surface area contributed by atoms with E-state index in [4.69, 9.17) is 4.74 Å². The van der Waals surface area contributed by atoms with Crippen LogP contribution in [0.15, 0.2) is 24.3 Å². The summed E-state index contributed by atoms with van der Waals surface area (Å²) < 4.78 is 43.4. The maximum absolute atomic E-state index is 12.7. The van der Waals surface area contributed by atoms with E-state index in [-0.39, 0.29) is 17.0 Å². The highest BCUT2D eigenvalue weighted by Gasteiger charge is 2.42. The quantitative estimate of drug-likeness (QED) is 0.851. The molecule has 0 aromatic heterocycles. The zero-order chi connectivity index (χ0) is 18.6. The average Bonchev–Trinajstić information content (AvgIpc) is 2.67. The molecule has 144 valence electrons. The zero-order valence-corrected chi connectivity index (χ0v) is 14.8. The van der Waals surface area contributed by atoms with Gasteiger partial charge in [-0.05, 0) is 37.1 Å². The fraction of sp³-hybridized carbons (Fsp3) is 0.632. The smallest absolute Gasteiger partial charge is 0.370 e. The van der Waals surface area contributed by atoms with E-state index in [0.717, 1.165) is 64.1 Å². The number of carbonyl (C=O) groups excluding carboxylic acids is 1. The van der Waals surface area contributed by atoms with E-state index in [1.54, 1.807) is 0 Å². The van der Waals surface area contributed by atoms with Gasteiger partial charge in [0.05, 0.1) is 25.3 Å². The van der Waals surface area contributed by atoms with Gasteiger partial charge in [0.15, 0.2) is 0 Å². The van der Waals surface area contributed by atoms with Crippen molar-refractivity contribution in [1.82, 2.24) is 5.32 Å². The minimum Gasteiger partial charge on any atom is -0.370 e. The fourth-order valence-corrected chi connectivity index (χ4v) is 4.19. The molecule has 1 aromatic rings. The maximum Gasteiger partial charge on any atom is 0.416 e. The number of ether oxygens (including phenoxy) is 1. The first kappa shape index (κ1) is 19.2. The first-order chi connectivity index (χ1) is 12.4. The van der Waals surface area contributed by atoms with E-state index in [0.29, 0.717) is 6.54 Å². The lowest BCUT2D eigenvalue weighted by Gasteiger charge is -2.45. The number of morpholine rings is 1. The van der Waals surface area contributed by atoms with Crippen LogP contribution in [0, 0.1) is 0 Å². The van der Waals surface area contributed by atoms with E-state index >= 15 is 0 Å². The van der Waals surface area contributed by atoms with Gasteiger partial charge >= 0.3 is 6.18 Å². The number of hydrogen-bond acceptors (Lipinski definition) is 2. The summed E-state index contributed by atoms with van der Waals surface area (Å²) >= 11 is 0. The molecule has 0 bridgehead atoms. The van der Waals surface area contributed by atoms with Crippen LogP contribution in [0.1, 0.15) is 48.0 Å². The number of amides is 1. The summed E-state index contributed by atoms with van der Waals surface area (Å²) in [5, 5.41) is 2.98. The van der Waals surface area contributed by atoms with Crippen molar-refractivity contribution in [2.24, 2.45) is 0 Å². The Bertz CT molecular complexity index is 604. The van der Waals surface area contributed by atoms with E-state index < -0.39 is 11.7 Å². The molecule has 0 radical (unpaired) electrons. The van der Waals surface area contributed by atoms with E-state index in [2.05, 4.69) is 5.32 Å². The lowest BCUT2D eigenvalue weighted by molar-refractivity contribution is -0.960. The van der Waals surface area contributed by atoms with Crippen LogP contribution in [0.5, 0.6) is 0 Å². The van der Waals surface area contributed by atoms with Gasteiger partial charge in [0.25, 0.3) is 5.91 Å². The number of nitrogens with one attached hydrogen (secondary N) is 2. The Morgan fingerprint density at radius 3 is 2.27 bits per heavy atom. The molecule has 4 nitrogen and oxygen atoms in total. The van der Waals surface area contributed by atoms with Crippen LogP contribution in [-0.2, 0) is 10.9 Å². The van der Waals surface area contributed by atoms with Gasteiger partial charge in [0.2, 0.25) is 0 Å². The molecule has 2 N–H and O–H groups in total. The van der Waals surface area contributed by atoms with Gasteiger partial charge in [-0.25, -0.2) is 0 Å². The predicted molar refractivity (Wildman–Crippen MR) is 91.1 cm³/mol. The third kappa shape index (κ3) is 4.38. The van der Waals surface area contributed by atoms with Crippen LogP contribution >= 0.6 is 0 Å². The monoisotopic (exact) mass is 371 g/mol. The Hall–Kier alpha value is -1.60. The highest BCUT2D eigenvalue weighted by Crippen LogP contribution is 2.29. The van der Waals surface area contributed by atoms with Gasteiger partial charge in [-0.2, -0.15) is 13.2 Å². The van der Waals surface area contributed by atoms with Crippen molar-refractivity contribution in [2.75, 3.05) is 32.8 Å². The largest absolute Gasteiger partial charge is 0.416 e. The van der Waals surface area contributed by atoms with Crippen molar-refractivity contribution in [3.63, 3.8) is 0 Å². The molecule has 1 saturated carbocycles. The average molecular weight is 371 g/mol. The van der Waals surface area contributed by atoms with Gasteiger partial charge in [-0.15, -0.1) is 0 Å². The van der Waals surface area contributed by atoms with Crippen molar-refractivity contribution in [2.45, 2.75) is 43.8 Å². The first-order valence-corrected chi connectivity index (χ1v) is 9.29. The summed E-state index contributed by atoms with van der Waals surface area (Å²) in [6.07, 6.45) is 1.27. The number of rotatable bonds is 4. The van der Waals surface area contributed by atoms with E-state index in [1.165, 1.54) is 23.5 Å². The number of alkyl halides is 3. The molecule has 0 atom stereocenters. The van der Waals surface area contributed by atoms with Crippen molar-refractivity contribution in [1.29, 1.82) is 0 Å². The lowest BCUT2D eigenvalue weighted by Crippen LogP contribution is -3.23. The Balaban J connectivity index is 1.65. The summed E-state index contributed by atoms with van der Waals surface area (Å²) in [7, 11) is 0. The van der Waals surface area contributed by atoms with Crippen molar-refractivity contribution >= 4 is 5.91 Å². The molecule has 1 aliphatic carbocycles. The minimum absolute atomic E-state index is 0.0175. The van der Waals surface area contributed by atoms with Gasteiger partial charge in [0, 0.05) is 18.4 Å². The van der Waals surface area contributed by atoms with Crippen LogP contribution in [0.3, 0.4) is 0 Å². The minimum atomic E-state index is -4.39. The number of quaternary nitrogens is 1. The molecular weight excluding hydrogens is 345 g/mol. The highest BCUT2D eigenvalue weighted by atomic mass is 19.4. The molecule has 3 rings (SSSR count). The Labute approximate surface area is 151 Å². The fourth-order valence-electron chi connectivity index (χ4n) is 4.19. The van der Waals surface area contributed by atoms with Crippen LogP contribution in [0.2, 0.25) is 0 Å². The standard InChI is InChI=1S/C19H25F3N2O2/c20-19(21,22)16-6-4-15(5-7-16)17(25)23-14-18(8-2-1-3-9-18)24-10-12-26-13-11-24/h4-7H,1-3,8-14H2,(H,23,25)/p+1. The molecule has 1 aromatic carbocycles. The van der Waals surface area contributed by atoms with Crippen LogP contribution in [-0.4, -0.2) is 44.3 Å². The molecule has 1 aliphatic heterocycles. The van der Waals surface area contributed by atoms with Gasteiger partial charge in [0.1, 0.15) is 18.6 Å². The van der Waals surface area contributed by atoms with Crippen molar-refractivity contribution in [3.8, 4) is 0 Å². The number of carbonyl (C=O) groups is 1. The molecular formula is C19H26F3N2O2+. The van der Waals surface area contributed by atoms with E-state index in [1.807, 2.05) is 0 Å². The summed E-state index contributed by atoms with van der Waals surface area (Å²) in [6.45, 7) is 3.92. The van der Waals surface area contributed by atoms with Gasteiger partial charge < -0.3 is 15.0 Å². The Morgan fingerprint density at radius 1 is 1.08 bits per heavy atom. The first-order valence-electron chi connectivity index (χ1n) is 9.29. The third-order valence-electron chi connectivity index (χ3n) is 5.72. The Kier molecular flexibility index (Phi) is 5.87. The second-order valence-corrected chi connectivity index (χ2v) is 7.31. The summed E-state index contributed by atoms with van der Waals surface area (Å²) in [4.78, 5) is 13.9. The van der Waals surface area contributed by atoms with Crippen LogP contribution in [0.4, 0.5) is 13.2 Å². The number of hydrogen-bond donors (Lipinski definition) is 2. The highest BCUT2D eigenvalue weighted by molar-refractivity contribution is 5.94. The third-order valence-corrected chi connectivity index (χ3v) is 5.72. The van der Waals surface area contributed by atoms with Crippen LogP contribution in [0.25, 0.3) is 0 Å². The van der Waals surface area contributed by atoms with Gasteiger partial charge in [-0.3, -0.25) is 4.79 Å². The molecule has 26 heavy (non-hydrogen) atoms. The molecule has 0 unspecified atom stereocenters. The predicted octanol–water partition coefficient (Wildman–Crippen LogP) is 2.05. The topological polar surface area (TPSA) is 42.8 Å². The second-order valence-electron chi connectivity index (χ2n) is 7.31. The molecule has 2 fully saturated rings. The molecule has 7 heteroatoms. The number of benzene rings is 1. The van der Waals surface area contributed by atoms with Gasteiger partial charge in [-0.1, -0.05) is 6.42 Å². The maximum atomic E-state index is 12.7. The number of halogens is 3. The molecule has 0 spiro atoms. The summed E-state index contributed by atoms with van der Waals surface area (Å²) in [5.41, 5.74) is -0.458. The molecule has 1 heterocycles. The second kappa shape index (κ2) is 7.96. The molecule has 1 amide bonds.